The van der Waals surface area contributed by atoms with E-state index in [4.69, 9.17) is 16.3 Å². The molecule has 0 spiro atoms. The van der Waals surface area contributed by atoms with Crippen LogP contribution in [0.1, 0.15) is 98.4 Å². The molecule has 0 radical (unpaired) electrons. The highest BCUT2D eigenvalue weighted by atomic mass is 35.5. The largest absolute Gasteiger partial charge is 0.478 e. The highest BCUT2D eigenvalue weighted by molar-refractivity contribution is 6.30. The van der Waals surface area contributed by atoms with Gasteiger partial charge in [0.2, 0.25) is 5.91 Å². The summed E-state index contributed by atoms with van der Waals surface area (Å²) in [5.41, 5.74) is 0.260. The average Bonchev–Trinajstić information content (AvgIpc) is 3.18. The van der Waals surface area contributed by atoms with Crippen LogP contribution in [0.2, 0.25) is 5.02 Å². The molecule has 0 bridgehead atoms. The van der Waals surface area contributed by atoms with Crippen molar-refractivity contribution in [1.82, 2.24) is 10.6 Å². The molecule has 0 aliphatic carbocycles. The Morgan fingerprint density at radius 3 is 1.80 bits per heavy atom. The molecule has 3 aromatic rings. The maximum atomic E-state index is 13.3. The van der Waals surface area contributed by atoms with E-state index in [0.717, 1.165) is 44.9 Å². The van der Waals surface area contributed by atoms with Gasteiger partial charge in [-0.25, -0.2) is 0 Å². The third kappa shape index (κ3) is 17.0. The van der Waals surface area contributed by atoms with Gasteiger partial charge >= 0.3 is 0 Å². The predicted octanol–water partition coefficient (Wildman–Crippen LogP) is 10.1. The van der Waals surface area contributed by atoms with Crippen LogP contribution in [0.25, 0.3) is 0 Å². The van der Waals surface area contributed by atoms with Crippen LogP contribution in [0.4, 0.5) is 5.69 Å². The van der Waals surface area contributed by atoms with E-state index >= 15 is 0 Å². The number of para-hydroxylation sites is 1. The monoisotopic (exact) mass is 763 g/mol. The summed E-state index contributed by atoms with van der Waals surface area (Å²) in [4.78, 5) is 51.4. The van der Waals surface area contributed by atoms with E-state index in [1.807, 2.05) is 0 Å². The quantitative estimate of drug-likeness (QED) is 0.0506. The van der Waals surface area contributed by atoms with E-state index in [1.54, 1.807) is 86.6 Å². The first-order valence-electron chi connectivity index (χ1n) is 18.9. The van der Waals surface area contributed by atoms with E-state index in [-0.39, 0.29) is 36.3 Å². The van der Waals surface area contributed by atoms with Crippen LogP contribution in [-0.4, -0.2) is 42.2 Å². The number of ketones is 1. The smallest absolute Gasteiger partial charge is 0.267 e. The molecule has 0 saturated heterocycles. The number of anilines is 1. The number of carbonyl (C=O) groups excluding carboxylic acids is 4. The molecule has 0 heterocycles. The van der Waals surface area contributed by atoms with Crippen LogP contribution < -0.4 is 20.7 Å². The van der Waals surface area contributed by atoms with Gasteiger partial charge in [-0.2, -0.15) is 0 Å². The van der Waals surface area contributed by atoms with E-state index in [2.05, 4.69) is 83.6 Å². The molecule has 8 nitrogen and oxygen atoms in total. The van der Waals surface area contributed by atoms with Crippen LogP contribution in [0.5, 0.6) is 5.75 Å². The topological polar surface area (TPSA) is 114 Å². The number of hydrogen-bond acceptors (Lipinski definition) is 5. The minimum Gasteiger partial charge on any atom is -0.478 e. The fraction of sp³-hybridized carbons (Fsp3) is 0.304. The molecule has 55 heavy (non-hydrogen) atoms. The summed E-state index contributed by atoms with van der Waals surface area (Å²) in [6.07, 6.45) is 28.4. The Labute approximate surface area is 331 Å². The lowest BCUT2D eigenvalue weighted by Gasteiger charge is -2.26. The fourth-order valence-electron chi connectivity index (χ4n) is 5.16. The number of carbonyl (C=O) groups is 4. The normalized spacial score (nSPS) is 11.9. The van der Waals surface area contributed by atoms with Gasteiger partial charge in [-0.3, -0.25) is 19.2 Å². The lowest BCUT2D eigenvalue weighted by molar-refractivity contribution is -0.128. The predicted molar refractivity (Wildman–Crippen MR) is 225 cm³/mol. The lowest BCUT2D eigenvalue weighted by atomic mass is 10.0. The second-order valence-electron chi connectivity index (χ2n) is 13.2. The van der Waals surface area contributed by atoms with Crippen molar-refractivity contribution in [3.63, 3.8) is 0 Å². The van der Waals surface area contributed by atoms with Crippen LogP contribution >= 0.6 is 11.6 Å². The van der Waals surface area contributed by atoms with E-state index in [0.29, 0.717) is 34.0 Å². The van der Waals surface area contributed by atoms with Gasteiger partial charge in [-0.05, 0) is 119 Å². The van der Waals surface area contributed by atoms with E-state index in [9.17, 15) is 19.2 Å². The Kier molecular flexibility index (Phi) is 19.8. The maximum Gasteiger partial charge on any atom is 0.267 e. The summed E-state index contributed by atoms with van der Waals surface area (Å²) >= 11 is 5.93. The molecule has 9 heteroatoms. The molecule has 0 saturated carbocycles. The number of benzene rings is 3. The third-order valence-corrected chi connectivity index (χ3v) is 8.48. The van der Waals surface area contributed by atoms with Crippen molar-refractivity contribution in [2.75, 3.05) is 18.4 Å². The first-order valence-corrected chi connectivity index (χ1v) is 19.3. The Hall–Kier alpha value is -5.47. The minimum absolute atomic E-state index is 0.0701. The lowest BCUT2D eigenvalue weighted by Crippen LogP contribution is -2.43. The maximum absolute atomic E-state index is 13.3. The SMILES string of the molecule is CCC=CCC=CCC=CCC=CCC=CCCCC(=O)NCCNC(=O)c1ccccc1NC(=O)C(C)(C)Oc1ccc(C(=O)c2ccc(Cl)cc2)cc1. The van der Waals surface area contributed by atoms with Gasteiger partial charge in [-0.15, -0.1) is 0 Å². The number of hydrogen-bond donors (Lipinski definition) is 3. The molecule has 3 aromatic carbocycles. The molecule has 0 aliphatic heterocycles. The summed E-state index contributed by atoms with van der Waals surface area (Å²) in [6, 6.07) is 19.8. The van der Waals surface area contributed by atoms with Crippen LogP contribution in [0.15, 0.2) is 134 Å². The molecule has 3 N–H and O–H groups in total. The van der Waals surface area contributed by atoms with Crippen LogP contribution in [0.3, 0.4) is 0 Å². The third-order valence-electron chi connectivity index (χ3n) is 8.23. The van der Waals surface area contributed by atoms with Gasteiger partial charge in [0.25, 0.3) is 11.8 Å². The Balaban J connectivity index is 1.33. The number of unbranched alkanes of at least 4 members (excludes halogenated alkanes) is 1. The molecule has 0 aromatic heterocycles. The Bertz CT molecular complexity index is 1820. The zero-order chi connectivity index (χ0) is 39.7. The van der Waals surface area contributed by atoms with Crippen molar-refractivity contribution < 1.29 is 23.9 Å². The molecule has 3 rings (SSSR count). The number of nitrogens with one attached hydrogen (secondary N) is 3. The number of allylic oxidation sites excluding steroid dienone is 10. The number of ether oxygens (including phenoxy) is 1. The van der Waals surface area contributed by atoms with E-state index in [1.165, 1.54) is 0 Å². The van der Waals surface area contributed by atoms with Crippen molar-refractivity contribution in [2.24, 2.45) is 0 Å². The van der Waals surface area contributed by atoms with Crippen molar-refractivity contribution in [1.29, 1.82) is 0 Å². The summed E-state index contributed by atoms with van der Waals surface area (Å²) in [5, 5.41) is 9.00. The van der Waals surface area contributed by atoms with Gasteiger partial charge in [0.1, 0.15) is 5.75 Å². The number of halogens is 1. The summed E-state index contributed by atoms with van der Waals surface area (Å²) in [5.74, 6) is -0.686. The molecule has 0 unspecified atom stereocenters. The Morgan fingerprint density at radius 1 is 0.673 bits per heavy atom. The first-order chi connectivity index (χ1) is 26.6. The zero-order valence-electron chi connectivity index (χ0n) is 32.2. The molecule has 0 atom stereocenters. The van der Waals surface area contributed by atoms with Gasteiger partial charge in [-0.1, -0.05) is 91.4 Å². The van der Waals surface area contributed by atoms with Crippen molar-refractivity contribution in [3.8, 4) is 5.75 Å². The zero-order valence-corrected chi connectivity index (χ0v) is 32.9. The van der Waals surface area contributed by atoms with Gasteiger partial charge in [0.05, 0.1) is 11.3 Å². The average molecular weight is 764 g/mol. The molecule has 3 amide bonds. The summed E-state index contributed by atoms with van der Waals surface area (Å²) in [6.45, 7) is 5.88. The van der Waals surface area contributed by atoms with Crippen molar-refractivity contribution in [2.45, 2.75) is 77.7 Å². The second-order valence-corrected chi connectivity index (χ2v) is 13.6. The summed E-state index contributed by atoms with van der Waals surface area (Å²) < 4.78 is 5.99. The fourth-order valence-corrected chi connectivity index (χ4v) is 5.28. The molecule has 0 fully saturated rings. The van der Waals surface area contributed by atoms with Gasteiger partial charge < -0.3 is 20.7 Å². The van der Waals surface area contributed by atoms with Crippen molar-refractivity contribution in [3.05, 3.63) is 155 Å². The molecule has 290 valence electrons. The molecular formula is C46H54ClN3O5. The highest BCUT2D eigenvalue weighted by Gasteiger charge is 2.31. The standard InChI is InChI=1S/C46H54ClN3O5/c1-4-5-6-7-8-9-10-11-12-13-14-15-16-17-18-19-20-25-42(51)48-34-35-49-44(53)40-23-21-22-24-41(40)50-45(54)46(2,3)55-39-32-28-37(29-33-39)43(52)36-26-30-38(47)31-27-36/h5-6,8-9,11-12,14-15,17-18,21-24,26-33H,4,7,10,13,16,19-20,25,34-35H2,1-3H3,(H,48,51)(H,49,53)(H,50,54). The second kappa shape index (κ2) is 24.8. The highest BCUT2D eigenvalue weighted by Crippen LogP contribution is 2.23. The number of amides is 3. The van der Waals surface area contributed by atoms with Gasteiger partial charge in [0.15, 0.2) is 11.4 Å². The van der Waals surface area contributed by atoms with E-state index < -0.39 is 11.5 Å². The van der Waals surface area contributed by atoms with Crippen LogP contribution in [0, 0.1) is 0 Å². The summed E-state index contributed by atoms with van der Waals surface area (Å²) in [7, 11) is 0. The number of rotatable bonds is 23. The minimum atomic E-state index is -1.32. The van der Waals surface area contributed by atoms with Crippen molar-refractivity contribution >= 4 is 40.8 Å². The molecular weight excluding hydrogens is 710 g/mol. The van der Waals surface area contributed by atoms with Crippen LogP contribution in [-0.2, 0) is 9.59 Å². The Morgan fingerprint density at radius 2 is 1.20 bits per heavy atom. The first kappa shape index (κ1) is 43.9. The molecule has 0 aliphatic rings. The van der Waals surface area contributed by atoms with Gasteiger partial charge in [0, 0.05) is 35.7 Å².